The van der Waals surface area contributed by atoms with Crippen LogP contribution in [0.2, 0.25) is 0 Å². The molecule has 2 rings (SSSR count). The number of nitrogen functional groups attached to an aromatic ring is 1. The van der Waals surface area contributed by atoms with Crippen molar-refractivity contribution < 1.29 is 14.3 Å². The number of Topliss-reactive ketones (excluding diaryl/α,β-unsaturated/α-hetero) is 1. The van der Waals surface area contributed by atoms with E-state index in [9.17, 15) is 9.59 Å². The number of benzene rings is 2. The van der Waals surface area contributed by atoms with Crippen molar-refractivity contribution in [2.75, 3.05) is 12.3 Å². The van der Waals surface area contributed by atoms with Gasteiger partial charge in [-0.2, -0.15) is 0 Å². The van der Waals surface area contributed by atoms with Crippen LogP contribution in [0.3, 0.4) is 0 Å². The van der Waals surface area contributed by atoms with Gasteiger partial charge in [-0.05, 0) is 24.3 Å². The minimum Gasteiger partial charge on any atom is -0.454 e. The molecule has 4 nitrogen and oxygen atoms in total. The van der Waals surface area contributed by atoms with Gasteiger partial charge in [0.2, 0.25) is 0 Å². The second-order valence-corrected chi connectivity index (χ2v) is 3.99. The largest absolute Gasteiger partial charge is 0.454 e. The van der Waals surface area contributed by atoms with Crippen molar-refractivity contribution in [2.24, 2.45) is 0 Å². The summed E-state index contributed by atoms with van der Waals surface area (Å²) in [6, 6.07) is 15.0. The first-order chi connectivity index (χ1) is 9.16. The fourth-order valence-electron chi connectivity index (χ4n) is 1.54. The highest BCUT2D eigenvalue weighted by Gasteiger charge is 2.11. The number of anilines is 1. The quantitative estimate of drug-likeness (QED) is 0.517. The summed E-state index contributed by atoms with van der Waals surface area (Å²) < 4.78 is 4.95. The Labute approximate surface area is 110 Å². The molecule has 0 unspecified atom stereocenters. The standard InChI is InChI=1S/C15H13NO3/c16-13-8-6-12(7-9-13)15(18)19-10-14(17)11-4-2-1-3-5-11/h1-9H,10,16H2. The zero-order chi connectivity index (χ0) is 13.7. The molecule has 0 bridgehead atoms. The van der Waals surface area contributed by atoms with Gasteiger partial charge in [-0.1, -0.05) is 30.3 Å². The lowest BCUT2D eigenvalue weighted by atomic mass is 10.1. The Morgan fingerprint density at radius 3 is 2.16 bits per heavy atom. The van der Waals surface area contributed by atoms with E-state index < -0.39 is 5.97 Å². The first kappa shape index (κ1) is 12.8. The Morgan fingerprint density at radius 2 is 1.53 bits per heavy atom. The van der Waals surface area contributed by atoms with Gasteiger partial charge in [-0.15, -0.1) is 0 Å². The van der Waals surface area contributed by atoms with Crippen LogP contribution in [0.15, 0.2) is 54.6 Å². The number of ketones is 1. The van der Waals surface area contributed by atoms with Crippen molar-refractivity contribution in [2.45, 2.75) is 0 Å². The van der Waals surface area contributed by atoms with E-state index in [0.29, 0.717) is 16.8 Å². The molecule has 0 saturated heterocycles. The topological polar surface area (TPSA) is 69.4 Å². The van der Waals surface area contributed by atoms with Crippen molar-refractivity contribution >= 4 is 17.4 Å². The summed E-state index contributed by atoms with van der Waals surface area (Å²) >= 11 is 0. The van der Waals surface area contributed by atoms with Gasteiger partial charge >= 0.3 is 5.97 Å². The highest BCUT2D eigenvalue weighted by atomic mass is 16.5. The molecule has 96 valence electrons. The zero-order valence-corrected chi connectivity index (χ0v) is 10.2. The number of esters is 1. The predicted octanol–water partition coefficient (Wildman–Crippen LogP) is 2.31. The molecule has 2 N–H and O–H groups in total. The van der Waals surface area contributed by atoms with Crippen LogP contribution in [0, 0.1) is 0 Å². The highest BCUT2D eigenvalue weighted by molar-refractivity contribution is 5.99. The van der Waals surface area contributed by atoms with Crippen LogP contribution >= 0.6 is 0 Å². The van der Waals surface area contributed by atoms with Crippen LogP contribution in [0.4, 0.5) is 5.69 Å². The average molecular weight is 255 g/mol. The van der Waals surface area contributed by atoms with Gasteiger partial charge in [0.1, 0.15) is 0 Å². The predicted molar refractivity (Wildman–Crippen MR) is 71.9 cm³/mol. The molecule has 0 aliphatic heterocycles. The summed E-state index contributed by atoms with van der Waals surface area (Å²) in [6.07, 6.45) is 0. The summed E-state index contributed by atoms with van der Waals surface area (Å²) in [5.41, 5.74) is 6.98. The second-order valence-electron chi connectivity index (χ2n) is 3.99. The number of hydrogen-bond donors (Lipinski definition) is 1. The Morgan fingerprint density at radius 1 is 0.895 bits per heavy atom. The van der Waals surface area contributed by atoms with E-state index in [0.717, 1.165) is 0 Å². The first-order valence-electron chi connectivity index (χ1n) is 5.78. The molecule has 0 fully saturated rings. The van der Waals surface area contributed by atoms with Crippen LogP contribution in [-0.2, 0) is 4.74 Å². The highest BCUT2D eigenvalue weighted by Crippen LogP contribution is 2.07. The minimum atomic E-state index is -0.538. The van der Waals surface area contributed by atoms with Gasteiger partial charge in [-0.25, -0.2) is 4.79 Å². The lowest BCUT2D eigenvalue weighted by Gasteiger charge is -2.04. The molecule has 19 heavy (non-hydrogen) atoms. The first-order valence-corrected chi connectivity index (χ1v) is 5.78. The number of carbonyl (C=O) groups is 2. The number of carbonyl (C=O) groups excluding carboxylic acids is 2. The number of hydrogen-bond acceptors (Lipinski definition) is 4. The molecule has 0 aliphatic rings. The summed E-state index contributed by atoms with van der Waals surface area (Å²) in [4.78, 5) is 23.4. The molecule has 0 saturated carbocycles. The van der Waals surface area contributed by atoms with Crippen molar-refractivity contribution in [3.8, 4) is 0 Å². The van der Waals surface area contributed by atoms with E-state index >= 15 is 0 Å². The van der Waals surface area contributed by atoms with Crippen LogP contribution in [-0.4, -0.2) is 18.4 Å². The fraction of sp³-hybridized carbons (Fsp3) is 0.0667. The maximum atomic E-state index is 11.7. The molecule has 0 spiro atoms. The third-order valence-electron chi connectivity index (χ3n) is 2.58. The molecular weight excluding hydrogens is 242 g/mol. The lowest BCUT2D eigenvalue weighted by molar-refractivity contribution is 0.0475. The molecule has 4 heteroatoms. The molecular formula is C15H13NO3. The van der Waals surface area contributed by atoms with Crippen LogP contribution < -0.4 is 5.73 Å². The molecule has 0 heterocycles. The van der Waals surface area contributed by atoms with Crippen molar-refractivity contribution in [3.63, 3.8) is 0 Å². The van der Waals surface area contributed by atoms with Crippen molar-refractivity contribution in [3.05, 3.63) is 65.7 Å². The molecule has 0 amide bonds. The lowest BCUT2D eigenvalue weighted by Crippen LogP contribution is -2.14. The summed E-state index contributed by atoms with van der Waals surface area (Å²) in [7, 11) is 0. The van der Waals surface area contributed by atoms with E-state index in [4.69, 9.17) is 10.5 Å². The molecule has 0 atom stereocenters. The van der Waals surface area contributed by atoms with Crippen LogP contribution in [0.5, 0.6) is 0 Å². The van der Waals surface area contributed by atoms with Gasteiger partial charge in [0.25, 0.3) is 0 Å². The van der Waals surface area contributed by atoms with Crippen LogP contribution in [0.1, 0.15) is 20.7 Å². The third-order valence-corrected chi connectivity index (χ3v) is 2.58. The normalized spacial score (nSPS) is 9.89. The van der Waals surface area contributed by atoms with Gasteiger partial charge < -0.3 is 10.5 Å². The van der Waals surface area contributed by atoms with Crippen molar-refractivity contribution in [1.29, 1.82) is 0 Å². The summed E-state index contributed by atoms with van der Waals surface area (Å²) in [5, 5.41) is 0. The third kappa shape index (κ3) is 3.42. The Kier molecular flexibility index (Phi) is 3.93. The van der Waals surface area contributed by atoms with Gasteiger partial charge in [0.05, 0.1) is 5.56 Å². The molecule has 2 aromatic carbocycles. The monoisotopic (exact) mass is 255 g/mol. The smallest absolute Gasteiger partial charge is 0.338 e. The molecule has 0 radical (unpaired) electrons. The Hall–Kier alpha value is -2.62. The maximum Gasteiger partial charge on any atom is 0.338 e. The molecule has 0 aromatic heterocycles. The minimum absolute atomic E-state index is 0.232. The summed E-state index contributed by atoms with van der Waals surface area (Å²) in [5.74, 6) is -0.770. The van der Waals surface area contributed by atoms with Crippen molar-refractivity contribution in [1.82, 2.24) is 0 Å². The molecule has 2 aromatic rings. The number of rotatable bonds is 4. The van der Waals surface area contributed by atoms with E-state index in [2.05, 4.69) is 0 Å². The molecule has 0 aliphatic carbocycles. The SMILES string of the molecule is Nc1ccc(C(=O)OCC(=O)c2ccccc2)cc1. The van der Waals surface area contributed by atoms with Crippen LogP contribution in [0.25, 0.3) is 0 Å². The van der Waals surface area contributed by atoms with E-state index in [1.807, 2.05) is 6.07 Å². The van der Waals surface area contributed by atoms with Gasteiger partial charge in [0, 0.05) is 11.3 Å². The Balaban J connectivity index is 1.94. The van der Waals surface area contributed by atoms with E-state index in [1.54, 1.807) is 48.5 Å². The van der Waals surface area contributed by atoms with E-state index in [1.165, 1.54) is 0 Å². The van der Waals surface area contributed by atoms with E-state index in [-0.39, 0.29) is 12.4 Å². The zero-order valence-electron chi connectivity index (χ0n) is 10.2. The average Bonchev–Trinajstić information content (AvgIpc) is 2.46. The Bertz CT molecular complexity index is 576. The number of ether oxygens (including phenoxy) is 1. The number of nitrogens with two attached hydrogens (primary N) is 1. The van der Waals surface area contributed by atoms with Gasteiger partial charge in [-0.3, -0.25) is 4.79 Å². The summed E-state index contributed by atoms with van der Waals surface area (Å²) in [6.45, 7) is -0.271. The van der Waals surface area contributed by atoms with Gasteiger partial charge in [0.15, 0.2) is 12.4 Å². The second kappa shape index (κ2) is 5.82. The fourth-order valence-corrected chi connectivity index (χ4v) is 1.54. The maximum absolute atomic E-state index is 11.7.